The number of rotatable bonds is 6. The minimum atomic E-state index is 0.0510. The number of carbonyl (C=O) groups is 1. The van der Waals surface area contributed by atoms with Crippen molar-refractivity contribution in [2.24, 2.45) is 5.92 Å². The third-order valence-corrected chi connectivity index (χ3v) is 4.32. The third kappa shape index (κ3) is 4.83. The summed E-state index contributed by atoms with van der Waals surface area (Å²) >= 11 is 0. The number of hydrogen-bond acceptors (Lipinski definition) is 3. The molecule has 1 fully saturated rings. The van der Waals surface area contributed by atoms with Gasteiger partial charge in [-0.15, -0.1) is 0 Å². The average Bonchev–Trinajstić information content (AvgIpc) is 3.15. The SMILES string of the molecule is O=C(C=Cc1ccco1)N1CCC(COCc2ccccc2)CC1. The number of amides is 1. The fourth-order valence-electron chi connectivity index (χ4n) is 2.88. The maximum absolute atomic E-state index is 12.2. The van der Waals surface area contributed by atoms with Crippen molar-refractivity contribution in [1.82, 2.24) is 4.90 Å². The summed E-state index contributed by atoms with van der Waals surface area (Å²) < 4.78 is 11.0. The average molecular weight is 325 g/mol. The molecule has 0 bridgehead atoms. The second-order valence-electron chi connectivity index (χ2n) is 6.12. The molecule has 0 unspecified atom stereocenters. The highest BCUT2D eigenvalue weighted by Crippen LogP contribution is 2.18. The van der Waals surface area contributed by atoms with E-state index in [0.29, 0.717) is 18.3 Å². The van der Waals surface area contributed by atoms with Gasteiger partial charge in [0, 0.05) is 25.8 Å². The van der Waals surface area contributed by atoms with E-state index in [-0.39, 0.29) is 5.91 Å². The fraction of sp³-hybridized carbons (Fsp3) is 0.350. The molecule has 0 radical (unpaired) electrons. The Bertz CT molecular complexity index is 641. The van der Waals surface area contributed by atoms with Crippen molar-refractivity contribution in [3.63, 3.8) is 0 Å². The third-order valence-electron chi connectivity index (χ3n) is 4.32. The van der Waals surface area contributed by atoms with Gasteiger partial charge in [0.15, 0.2) is 0 Å². The number of nitrogens with zero attached hydrogens (tertiary/aromatic N) is 1. The van der Waals surface area contributed by atoms with Crippen LogP contribution in [0.4, 0.5) is 0 Å². The van der Waals surface area contributed by atoms with Crippen LogP contribution < -0.4 is 0 Å². The van der Waals surface area contributed by atoms with Crippen LogP contribution in [0.2, 0.25) is 0 Å². The van der Waals surface area contributed by atoms with Crippen LogP contribution in [0.15, 0.2) is 59.2 Å². The Kier molecular flexibility index (Phi) is 5.85. The molecule has 0 aliphatic carbocycles. The van der Waals surface area contributed by atoms with Crippen LogP contribution in [0.5, 0.6) is 0 Å². The monoisotopic (exact) mass is 325 g/mol. The summed E-state index contributed by atoms with van der Waals surface area (Å²) in [5.41, 5.74) is 1.20. The van der Waals surface area contributed by atoms with Crippen molar-refractivity contribution in [1.29, 1.82) is 0 Å². The Balaban J connectivity index is 1.37. The van der Waals surface area contributed by atoms with E-state index in [0.717, 1.165) is 32.5 Å². The van der Waals surface area contributed by atoms with Crippen molar-refractivity contribution in [3.8, 4) is 0 Å². The number of carbonyl (C=O) groups excluding carboxylic acids is 1. The van der Waals surface area contributed by atoms with Crippen LogP contribution in [0.3, 0.4) is 0 Å². The number of likely N-dealkylation sites (tertiary alicyclic amines) is 1. The lowest BCUT2D eigenvalue weighted by Gasteiger charge is -2.31. The lowest BCUT2D eigenvalue weighted by atomic mass is 9.98. The van der Waals surface area contributed by atoms with Crippen molar-refractivity contribution < 1.29 is 13.9 Å². The number of ether oxygens (including phenoxy) is 1. The van der Waals surface area contributed by atoms with Crippen LogP contribution in [0.1, 0.15) is 24.2 Å². The Morgan fingerprint density at radius 2 is 1.96 bits per heavy atom. The van der Waals surface area contributed by atoms with Gasteiger partial charge in [-0.05, 0) is 42.5 Å². The van der Waals surface area contributed by atoms with E-state index < -0.39 is 0 Å². The molecular formula is C20H23NO3. The largest absolute Gasteiger partial charge is 0.465 e. The van der Waals surface area contributed by atoms with Crippen molar-refractivity contribution >= 4 is 12.0 Å². The summed E-state index contributed by atoms with van der Waals surface area (Å²) in [5, 5.41) is 0. The molecular weight excluding hydrogens is 302 g/mol. The maximum atomic E-state index is 12.2. The molecule has 0 atom stereocenters. The molecule has 4 heteroatoms. The van der Waals surface area contributed by atoms with Gasteiger partial charge in [0.2, 0.25) is 5.91 Å². The van der Waals surface area contributed by atoms with Crippen molar-refractivity contribution in [2.45, 2.75) is 19.4 Å². The summed E-state index contributed by atoms with van der Waals surface area (Å²) in [4.78, 5) is 14.1. The summed E-state index contributed by atoms with van der Waals surface area (Å²) in [6.45, 7) is 3.01. The van der Waals surface area contributed by atoms with Gasteiger partial charge in [-0.1, -0.05) is 30.3 Å². The molecule has 1 aromatic heterocycles. The zero-order valence-electron chi connectivity index (χ0n) is 13.8. The van der Waals surface area contributed by atoms with Crippen LogP contribution in [0, 0.1) is 5.92 Å². The van der Waals surface area contributed by atoms with Crippen LogP contribution in [0.25, 0.3) is 6.08 Å². The molecule has 1 saturated heterocycles. The first kappa shape index (κ1) is 16.5. The van der Waals surface area contributed by atoms with E-state index in [9.17, 15) is 4.79 Å². The van der Waals surface area contributed by atoms with E-state index in [1.54, 1.807) is 18.4 Å². The zero-order chi connectivity index (χ0) is 16.6. The van der Waals surface area contributed by atoms with Gasteiger partial charge in [0.1, 0.15) is 5.76 Å². The van der Waals surface area contributed by atoms with Gasteiger partial charge in [-0.2, -0.15) is 0 Å². The second kappa shape index (κ2) is 8.50. The summed E-state index contributed by atoms with van der Waals surface area (Å²) in [6.07, 6.45) is 6.90. The van der Waals surface area contributed by atoms with Crippen LogP contribution >= 0.6 is 0 Å². The van der Waals surface area contributed by atoms with Gasteiger partial charge >= 0.3 is 0 Å². The minimum Gasteiger partial charge on any atom is -0.465 e. The Labute approximate surface area is 142 Å². The summed E-state index contributed by atoms with van der Waals surface area (Å²) in [5.74, 6) is 1.29. The summed E-state index contributed by atoms with van der Waals surface area (Å²) in [7, 11) is 0. The molecule has 3 rings (SSSR count). The molecule has 4 nitrogen and oxygen atoms in total. The minimum absolute atomic E-state index is 0.0510. The van der Waals surface area contributed by atoms with Gasteiger partial charge in [0.25, 0.3) is 0 Å². The lowest BCUT2D eigenvalue weighted by Crippen LogP contribution is -2.38. The smallest absolute Gasteiger partial charge is 0.246 e. The van der Waals surface area contributed by atoms with E-state index in [1.807, 2.05) is 35.2 Å². The lowest BCUT2D eigenvalue weighted by molar-refractivity contribution is -0.127. The predicted octanol–water partition coefficient (Wildman–Crippen LogP) is 3.75. The van der Waals surface area contributed by atoms with Crippen LogP contribution in [-0.4, -0.2) is 30.5 Å². The molecule has 0 N–H and O–H groups in total. The molecule has 0 saturated carbocycles. The number of hydrogen-bond donors (Lipinski definition) is 0. The number of benzene rings is 1. The molecule has 2 aromatic rings. The van der Waals surface area contributed by atoms with Gasteiger partial charge in [-0.25, -0.2) is 0 Å². The quantitative estimate of drug-likeness (QED) is 0.760. The first-order valence-electron chi connectivity index (χ1n) is 8.43. The van der Waals surface area contributed by atoms with Crippen molar-refractivity contribution in [3.05, 3.63) is 66.1 Å². The van der Waals surface area contributed by atoms with E-state index in [2.05, 4.69) is 12.1 Å². The van der Waals surface area contributed by atoms with E-state index >= 15 is 0 Å². The molecule has 1 aliphatic rings. The molecule has 24 heavy (non-hydrogen) atoms. The predicted molar refractivity (Wildman–Crippen MR) is 93.1 cm³/mol. The Morgan fingerprint density at radius 3 is 2.67 bits per heavy atom. The van der Waals surface area contributed by atoms with Gasteiger partial charge < -0.3 is 14.1 Å². The molecule has 2 heterocycles. The maximum Gasteiger partial charge on any atom is 0.246 e. The molecule has 1 aliphatic heterocycles. The van der Waals surface area contributed by atoms with Crippen molar-refractivity contribution in [2.75, 3.05) is 19.7 Å². The van der Waals surface area contributed by atoms with Crippen LogP contribution in [-0.2, 0) is 16.1 Å². The highest BCUT2D eigenvalue weighted by atomic mass is 16.5. The number of furan rings is 1. The molecule has 1 amide bonds. The van der Waals surface area contributed by atoms with E-state index in [4.69, 9.17) is 9.15 Å². The number of piperidine rings is 1. The highest BCUT2D eigenvalue weighted by Gasteiger charge is 2.21. The first-order valence-corrected chi connectivity index (χ1v) is 8.43. The first-order chi connectivity index (χ1) is 11.8. The van der Waals surface area contributed by atoms with Gasteiger partial charge in [0.05, 0.1) is 12.9 Å². The Morgan fingerprint density at radius 1 is 1.17 bits per heavy atom. The van der Waals surface area contributed by atoms with Gasteiger partial charge in [-0.3, -0.25) is 4.79 Å². The summed E-state index contributed by atoms with van der Waals surface area (Å²) in [6, 6.07) is 13.9. The zero-order valence-corrected chi connectivity index (χ0v) is 13.8. The topological polar surface area (TPSA) is 42.7 Å². The fourth-order valence-corrected chi connectivity index (χ4v) is 2.88. The second-order valence-corrected chi connectivity index (χ2v) is 6.12. The standard InChI is InChI=1S/C20H23NO3/c22-20(9-8-19-7-4-14-24-19)21-12-10-18(11-13-21)16-23-15-17-5-2-1-3-6-17/h1-9,14,18H,10-13,15-16H2. The molecule has 126 valence electrons. The normalized spacial score (nSPS) is 15.9. The molecule has 0 spiro atoms. The highest BCUT2D eigenvalue weighted by molar-refractivity contribution is 5.91. The van der Waals surface area contributed by atoms with E-state index in [1.165, 1.54) is 5.56 Å². The molecule has 1 aromatic carbocycles. The Hall–Kier alpha value is -2.33.